The van der Waals surface area contributed by atoms with Gasteiger partial charge in [-0.1, -0.05) is 19.3 Å². The van der Waals surface area contributed by atoms with Crippen LogP contribution in [0.15, 0.2) is 0 Å². The van der Waals surface area contributed by atoms with Gasteiger partial charge in [0.15, 0.2) is 0 Å². The molecule has 148 valence electrons. The van der Waals surface area contributed by atoms with Crippen molar-refractivity contribution in [2.45, 2.75) is 56.7 Å². The predicted octanol–water partition coefficient (Wildman–Crippen LogP) is 2.21. The van der Waals surface area contributed by atoms with Gasteiger partial charge < -0.3 is 19.9 Å². The molecule has 1 rings (SSSR count). The van der Waals surface area contributed by atoms with Gasteiger partial charge in [0.2, 0.25) is 12.7 Å². The number of hydrogen-bond acceptors (Lipinski definition) is 8. The van der Waals surface area contributed by atoms with Crippen molar-refractivity contribution in [3.63, 3.8) is 0 Å². The number of hydrogen-bond donors (Lipinski definition) is 3. The Kier molecular flexibility index (Phi) is 9.28. The van der Waals surface area contributed by atoms with E-state index in [0.29, 0.717) is 11.8 Å². The van der Waals surface area contributed by atoms with Crippen LogP contribution in [0, 0.1) is 5.92 Å². The van der Waals surface area contributed by atoms with E-state index >= 15 is 0 Å². The number of ether oxygens (including phenoxy) is 2. The summed E-state index contributed by atoms with van der Waals surface area (Å²) in [4.78, 5) is 46.4. The number of aliphatic carboxylic acids is 1. The summed E-state index contributed by atoms with van der Waals surface area (Å²) in [5.41, 5.74) is 0. The molecule has 1 fully saturated rings. The second kappa shape index (κ2) is 10.7. The Balaban J connectivity index is 2.31. The number of carboxylic acid groups (broad SMARTS) is 1. The summed E-state index contributed by atoms with van der Waals surface area (Å²) in [5, 5.41) is 10.6. The van der Waals surface area contributed by atoms with Crippen LogP contribution >= 0.6 is 24.4 Å². The van der Waals surface area contributed by atoms with Crippen molar-refractivity contribution in [2.24, 2.45) is 5.92 Å². The molecule has 1 amide bonds. The van der Waals surface area contributed by atoms with Crippen molar-refractivity contribution < 1.29 is 33.8 Å². The Bertz CT molecular complexity index is 527. The molecule has 0 aromatic heterocycles. The summed E-state index contributed by atoms with van der Waals surface area (Å²) in [7, 11) is 0. The minimum Gasteiger partial charge on any atom is -0.480 e. The minimum atomic E-state index is -1.28. The molecule has 0 saturated heterocycles. The van der Waals surface area contributed by atoms with E-state index in [9.17, 15) is 19.2 Å². The Labute approximate surface area is 162 Å². The number of carboxylic acids is 1. The van der Waals surface area contributed by atoms with Gasteiger partial charge in [-0.2, -0.15) is 12.6 Å². The molecule has 0 aromatic carbocycles. The van der Waals surface area contributed by atoms with Crippen molar-refractivity contribution in [1.29, 1.82) is 0 Å². The molecule has 0 heterocycles. The zero-order valence-corrected chi connectivity index (χ0v) is 16.6. The van der Waals surface area contributed by atoms with Gasteiger partial charge in [0.05, 0.1) is 10.7 Å². The lowest BCUT2D eigenvalue weighted by Gasteiger charge is -2.21. The van der Waals surface area contributed by atoms with Crippen LogP contribution in [0.4, 0.5) is 4.79 Å². The molecule has 0 aliphatic heterocycles. The van der Waals surface area contributed by atoms with Gasteiger partial charge in [0.25, 0.3) is 0 Å². The van der Waals surface area contributed by atoms with Gasteiger partial charge >= 0.3 is 17.2 Å². The maximum Gasteiger partial charge on any atom is 0.370 e. The van der Waals surface area contributed by atoms with Crippen LogP contribution in [0.25, 0.3) is 0 Å². The molecule has 10 heteroatoms. The number of amides is 1. The fraction of sp³-hybridized carbons (Fsp3) is 0.750. The number of thiol groups is 1. The van der Waals surface area contributed by atoms with Crippen LogP contribution in [-0.4, -0.2) is 51.6 Å². The van der Waals surface area contributed by atoms with Crippen molar-refractivity contribution >= 4 is 47.5 Å². The molecule has 1 aliphatic rings. The zero-order valence-electron chi connectivity index (χ0n) is 14.9. The Morgan fingerprint density at radius 2 is 1.81 bits per heavy atom. The Morgan fingerprint density at radius 1 is 1.19 bits per heavy atom. The monoisotopic (exact) mass is 407 g/mol. The first-order valence-electron chi connectivity index (χ1n) is 8.33. The van der Waals surface area contributed by atoms with E-state index in [1.807, 2.05) is 0 Å². The largest absolute Gasteiger partial charge is 0.480 e. The van der Waals surface area contributed by atoms with Crippen LogP contribution in [0.5, 0.6) is 0 Å². The summed E-state index contributed by atoms with van der Waals surface area (Å²) in [5.74, 6) is -2.59. The Morgan fingerprint density at radius 3 is 2.35 bits per heavy atom. The second-order valence-corrected chi connectivity index (χ2v) is 8.62. The van der Waals surface area contributed by atoms with E-state index < -0.39 is 34.8 Å². The smallest absolute Gasteiger partial charge is 0.370 e. The number of nitrogens with one attached hydrogen (secondary N) is 1. The molecule has 0 bridgehead atoms. The number of carbonyl (C=O) groups is 4. The van der Waals surface area contributed by atoms with E-state index in [2.05, 4.69) is 17.9 Å². The molecule has 1 atom stereocenters. The quantitative estimate of drug-likeness (QED) is 0.318. The van der Waals surface area contributed by atoms with Gasteiger partial charge in [-0.3, -0.25) is 9.59 Å². The van der Waals surface area contributed by atoms with Crippen LogP contribution in [-0.2, 0) is 23.9 Å². The number of rotatable bonds is 8. The lowest BCUT2D eigenvalue weighted by Crippen LogP contribution is -2.48. The standard InChI is InChI=1S/C16H25NO7S2/c1-16(2,25)14(21)17-11(12(18)19)8-26-15(22)24-9-23-13(20)10-6-4-3-5-7-10/h10-11,25H,3-9H2,1-2H3,(H,17,21)(H,18,19)/t11-/m0/s1. The maximum absolute atomic E-state index is 11.8. The summed E-state index contributed by atoms with van der Waals surface area (Å²) < 4.78 is 8.64. The molecular weight excluding hydrogens is 382 g/mol. The van der Waals surface area contributed by atoms with Gasteiger partial charge in [-0.15, -0.1) is 0 Å². The van der Waals surface area contributed by atoms with Crippen LogP contribution in [0.2, 0.25) is 0 Å². The third-order valence-corrected chi connectivity index (χ3v) is 4.90. The third-order valence-electron chi connectivity index (χ3n) is 3.84. The van der Waals surface area contributed by atoms with Gasteiger partial charge in [0.1, 0.15) is 6.04 Å². The van der Waals surface area contributed by atoms with Crippen LogP contribution < -0.4 is 5.32 Å². The molecule has 2 N–H and O–H groups in total. The van der Waals surface area contributed by atoms with Crippen LogP contribution in [0.1, 0.15) is 46.0 Å². The van der Waals surface area contributed by atoms with Gasteiger partial charge in [-0.25, -0.2) is 9.59 Å². The van der Waals surface area contributed by atoms with E-state index in [1.54, 1.807) is 0 Å². The topological polar surface area (TPSA) is 119 Å². The Hall–Kier alpha value is -1.42. The predicted molar refractivity (Wildman–Crippen MR) is 99.1 cm³/mol. The van der Waals surface area contributed by atoms with Crippen molar-refractivity contribution in [1.82, 2.24) is 5.32 Å². The minimum absolute atomic E-state index is 0.147. The SMILES string of the molecule is CC(C)(S)C(=O)N[C@@H](CSC(=O)OCOC(=O)C1CCCCC1)C(=O)O. The van der Waals surface area contributed by atoms with E-state index in [1.165, 1.54) is 13.8 Å². The highest BCUT2D eigenvalue weighted by Gasteiger charge is 2.29. The number of carbonyl (C=O) groups excluding carboxylic acids is 3. The maximum atomic E-state index is 11.8. The first-order valence-corrected chi connectivity index (χ1v) is 9.77. The fourth-order valence-electron chi connectivity index (χ4n) is 2.29. The van der Waals surface area contributed by atoms with Gasteiger partial charge in [-0.05, 0) is 38.5 Å². The average Bonchev–Trinajstić information content (AvgIpc) is 2.57. The summed E-state index contributed by atoms with van der Waals surface area (Å²) in [6.45, 7) is 2.54. The first kappa shape index (κ1) is 22.6. The lowest BCUT2D eigenvalue weighted by atomic mass is 9.89. The average molecular weight is 408 g/mol. The molecular formula is C16H25NO7S2. The van der Waals surface area contributed by atoms with Crippen LogP contribution in [0.3, 0.4) is 0 Å². The highest BCUT2D eigenvalue weighted by molar-refractivity contribution is 8.13. The van der Waals surface area contributed by atoms with E-state index in [0.717, 1.165) is 32.1 Å². The molecule has 0 spiro atoms. The number of esters is 1. The zero-order chi connectivity index (χ0) is 19.7. The molecule has 8 nitrogen and oxygen atoms in total. The van der Waals surface area contributed by atoms with E-state index in [4.69, 9.17) is 14.6 Å². The van der Waals surface area contributed by atoms with Crippen molar-refractivity contribution in [3.05, 3.63) is 0 Å². The molecule has 0 radical (unpaired) electrons. The number of thioether (sulfide) groups is 1. The third kappa shape index (κ3) is 8.31. The molecule has 0 aromatic rings. The highest BCUT2D eigenvalue weighted by atomic mass is 32.2. The highest BCUT2D eigenvalue weighted by Crippen LogP contribution is 2.24. The summed E-state index contributed by atoms with van der Waals surface area (Å²) in [6, 6.07) is -1.27. The van der Waals surface area contributed by atoms with Crippen molar-refractivity contribution in [2.75, 3.05) is 12.5 Å². The second-order valence-electron chi connectivity index (χ2n) is 6.54. The summed E-state index contributed by atoms with van der Waals surface area (Å²) in [6.07, 6.45) is 4.65. The molecule has 1 saturated carbocycles. The van der Waals surface area contributed by atoms with Crippen molar-refractivity contribution in [3.8, 4) is 0 Å². The lowest BCUT2D eigenvalue weighted by molar-refractivity contribution is -0.157. The normalized spacial score (nSPS) is 16.4. The van der Waals surface area contributed by atoms with Gasteiger partial charge in [0, 0.05) is 5.75 Å². The molecule has 1 aliphatic carbocycles. The molecule has 0 unspecified atom stereocenters. The van der Waals surface area contributed by atoms with E-state index in [-0.39, 0.29) is 17.6 Å². The summed E-state index contributed by atoms with van der Waals surface area (Å²) >= 11 is 4.64. The fourth-order valence-corrected chi connectivity index (χ4v) is 3.02. The molecule has 26 heavy (non-hydrogen) atoms. The first-order chi connectivity index (χ1) is 12.1.